The van der Waals surface area contributed by atoms with Gasteiger partial charge in [-0.25, -0.2) is 0 Å². The minimum Gasteiger partial charge on any atom is -0.119 e. The Morgan fingerprint density at radius 3 is 2.54 bits per heavy atom. The van der Waals surface area contributed by atoms with Crippen LogP contribution in [0.2, 0.25) is 0 Å². The van der Waals surface area contributed by atoms with Crippen LogP contribution in [-0.4, -0.2) is 11.5 Å². The number of thioether (sulfide) groups is 2. The molecule has 0 aromatic rings. The molecule has 1 fully saturated rings. The molecule has 1 heterocycles. The summed E-state index contributed by atoms with van der Waals surface area (Å²) in [6.07, 6.45) is 6.82. The molecule has 0 unspecified atom stereocenters. The molecule has 0 nitrogen and oxygen atoms in total. The van der Waals surface area contributed by atoms with Gasteiger partial charge in [0.15, 0.2) is 0 Å². The molecule has 0 aromatic heterocycles. The molecule has 76 valence electrons. The fourth-order valence-electron chi connectivity index (χ4n) is 1.42. The van der Waals surface area contributed by atoms with Crippen LogP contribution in [0.4, 0.5) is 0 Å². The number of allylic oxidation sites excluding steroid dienone is 1. The summed E-state index contributed by atoms with van der Waals surface area (Å²) < 4.78 is 1.63. The van der Waals surface area contributed by atoms with Gasteiger partial charge in [0.2, 0.25) is 0 Å². The number of unbranched alkanes of at least 4 members (excludes halogenated alkanes) is 2. The normalized spacial score (nSPS) is 17.5. The molecule has 0 radical (unpaired) electrons. The average molecular weight is 216 g/mol. The quantitative estimate of drug-likeness (QED) is 0.626. The van der Waals surface area contributed by atoms with Crippen LogP contribution in [0.25, 0.3) is 0 Å². The van der Waals surface area contributed by atoms with Gasteiger partial charge in [-0.3, -0.25) is 0 Å². The highest BCUT2D eigenvalue weighted by atomic mass is 32.2. The minimum atomic E-state index is 1.32. The lowest BCUT2D eigenvalue weighted by Crippen LogP contribution is -1.94. The lowest BCUT2D eigenvalue weighted by Gasteiger charge is -2.15. The second-order valence-corrected chi connectivity index (χ2v) is 6.04. The third kappa shape index (κ3) is 4.46. The van der Waals surface area contributed by atoms with E-state index in [2.05, 4.69) is 37.4 Å². The first-order valence-corrected chi connectivity index (χ1v) is 7.27. The van der Waals surface area contributed by atoms with E-state index in [1.54, 1.807) is 9.81 Å². The van der Waals surface area contributed by atoms with E-state index < -0.39 is 0 Å². The van der Waals surface area contributed by atoms with Gasteiger partial charge in [0, 0.05) is 4.24 Å². The van der Waals surface area contributed by atoms with Crippen molar-refractivity contribution in [3.05, 3.63) is 9.81 Å². The zero-order valence-corrected chi connectivity index (χ0v) is 10.4. The van der Waals surface area contributed by atoms with E-state index in [0.717, 1.165) is 0 Å². The van der Waals surface area contributed by atoms with E-state index in [1.807, 2.05) is 0 Å². The van der Waals surface area contributed by atoms with E-state index in [0.29, 0.717) is 0 Å². The van der Waals surface area contributed by atoms with E-state index in [4.69, 9.17) is 0 Å². The van der Waals surface area contributed by atoms with Crippen molar-refractivity contribution in [2.75, 3.05) is 11.5 Å². The van der Waals surface area contributed by atoms with Crippen molar-refractivity contribution in [3.63, 3.8) is 0 Å². The zero-order chi connectivity index (χ0) is 9.52. The highest BCUT2D eigenvalue weighted by Crippen LogP contribution is 2.38. The summed E-state index contributed by atoms with van der Waals surface area (Å²) in [5, 5.41) is 0. The fourth-order valence-corrected chi connectivity index (χ4v) is 4.08. The average Bonchev–Trinajstić information content (AvgIpc) is 2.19. The maximum atomic E-state index is 2.32. The molecule has 0 aliphatic carbocycles. The van der Waals surface area contributed by atoms with Gasteiger partial charge in [0.1, 0.15) is 0 Å². The molecular formula is C11H20S2. The number of hydrogen-bond acceptors (Lipinski definition) is 2. The second-order valence-electron chi connectivity index (χ2n) is 3.58. The first-order chi connectivity index (χ1) is 6.34. The van der Waals surface area contributed by atoms with Gasteiger partial charge in [-0.2, -0.15) is 0 Å². The van der Waals surface area contributed by atoms with Crippen LogP contribution in [0.1, 0.15) is 46.0 Å². The minimum absolute atomic E-state index is 1.32. The SMILES string of the molecule is CCCCCC(C)=C1SCCCS1. The van der Waals surface area contributed by atoms with Crippen molar-refractivity contribution in [2.24, 2.45) is 0 Å². The maximum absolute atomic E-state index is 2.32. The highest BCUT2D eigenvalue weighted by Gasteiger charge is 2.09. The Hall–Kier alpha value is 0.440. The number of hydrogen-bond donors (Lipinski definition) is 0. The van der Waals surface area contributed by atoms with E-state index in [1.165, 1.54) is 43.6 Å². The molecule has 1 saturated heterocycles. The van der Waals surface area contributed by atoms with Gasteiger partial charge >= 0.3 is 0 Å². The summed E-state index contributed by atoms with van der Waals surface area (Å²) >= 11 is 4.14. The van der Waals surface area contributed by atoms with E-state index in [-0.39, 0.29) is 0 Å². The first kappa shape index (κ1) is 11.5. The standard InChI is InChI=1S/C11H20S2/c1-3-4-5-7-10(2)11-12-8-6-9-13-11/h3-9H2,1-2H3. The summed E-state index contributed by atoms with van der Waals surface area (Å²) in [5.41, 5.74) is 1.64. The van der Waals surface area contributed by atoms with Crippen LogP contribution in [-0.2, 0) is 0 Å². The monoisotopic (exact) mass is 216 g/mol. The Morgan fingerprint density at radius 2 is 1.92 bits per heavy atom. The molecule has 1 aliphatic heterocycles. The van der Waals surface area contributed by atoms with Gasteiger partial charge in [0.25, 0.3) is 0 Å². The van der Waals surface area contributed by atoms with Crippen LogP contribution in [0.15, 0.2) is 9.81 Å². The highest BCUT2D eigenvalue weighted by molar-refractivity contribution is 8.22. The largest absolute Gasteiger partial charge is 0.119 e. The fraction of sp³-hybridized carbons (Fsp3) is 0.818. The summed E-state index contributed by atoms with van der Waals surface area (Å²) in [5.74, 6) is 2.68. The van der Waals surface area contributed by atoms with Crippen LogP contribution < -0.4 is 0 Å². The van der Waals surface area contributed by atoms with Crippen molar-refractivity contribution in [1.29, 1.82) is 0 Å². The molecule has 0 N–H and O–H groups in total. The summed E-state index contributed by atoms with van der Waals surface area (Å²) in [7, 11) is 0. The smallest absolute Gasteiger partial charge is 0.0390 e. The van der Waals surface area contributed by atoms with Gasteiger partial charge in [-0.15, -0.1) is 23.5 Å². The van der Waals surface area contributed by atoms with Crippen molar-refractivity contribution in [1.82, 2.24) is 0 Å². The predicted octanol–water partition coefficient (Wildman–Crippen LogP) is 4.67. The first-order valence-electron chi connectivity index (χ1n) is 5.30. The molecule has 0 amide bonds. The lowest BCUT2D eigenvalue weighted by molar-refractivity contribution is 0.713. The summed E-state index contributed by atoms with van der Waals surface area (Å²) in [4.78, 5) is 0. The molecule has 0 saturated carbocycles. The molecule has 13 heavy (non-hydrogen) atoms. The van der Waals surface area contributed by atoms with Gasteiger partial charge in [-0.1, -0.05) is 25.3 Å². The lowest BCUT2D eigenvalue weighted by atomic mass is 10.1. The maximum Gasteiger partial charge on any atom is 0.0390 e. The Labute approximate surface area is 90.9 Å². The Morgan fingerprint density at radius 1 is 1.23 bits per heavy atom. The molecule has 0 aromatic carbocycles. The van der Waals surface area contributed by atoms with Crippen LogP contribution in [0.5, 0.6) is 0 Å². The van der Waals surface area contributed by atoms with Crippen LogP contribution in [0, 0.1) is 0 Å². The van der Waals surface area contributed by atoms with Crippen LogP contribution in [0.3, 0.4) is 0 Å². The Kier molecular flexibility index (Phi) is 6.05. The van der Waals surface area contributed by atoms with Gasteiger partial charge < -0.3 is 0 Å². The predicted molar refractivity (Wildman–Crippen MR) is 66.4 cm³/mol. The van der Waals surface area contributed by atoms with E-state index in [9.17, 15) is 0 Å². The summed E-state index contributed by atoms with van der Waals surface area (Å²) in [6, 6.07) is 0. The second kappa shape index (κ2) is 6.83. The molecular weight excluding hydrogens is 196 g/mol. The number of rotatable bonds is 4. The molecule has 1 aliphatic rings. The van der Waals surface area contributed by atoms with Crippen molar-refractivity contribution in [3.8, 4) is 0 Å². The molecule has 1 rings (SSSR count). The molecule has 0 spiro atoms. The Bertz CT molecular complexity index is 165. The molecule has 2 heteroatoms. The molecule has 0 atom stereocenters. The third-order valence-electron chi connectivity index (χ3n) is 2.26. The topological polar surface area (TPSA) is 0 Å². The van der Waals surface area contributed by atoms with Crippen molar-refractivity contribution in [2.45, 2.75) is 46.0 Å². The Balaban J connectivity index is 2.29. The third-order valence-corrected chi connectivity index (χ3v) is 5.17. The van der Waals surface area contributed by atoms with Crippen LogP contribution >= 0.6 is 23.5 Å². The zero-order valence-electron chi connectivity index (χ0n) is 8.77. The van der Waals surface area contributed by atoms with Crippen molar-refractivity contribution >= 4 is 23.5 Å². The summed E-state index contributed by atoms with van der Waals surface area (Å²) in [6.45, 7) is 4.59. The molecule has 0 bridgehead atoms. The van der Waals surface area contributed by atoms with Gasteiger partial charge in [0.05, 0.1) is 0 Å². The van der Waals surface area contributed by atoms with Crippen molar-refractivity contribution < 1.29 is 0 Å². The van der Waals surface area contributed by atoms with E-state index >= 15 is 0 Å². The van der Waals surface area contributed by atoms with Gasteiger partial charge in [-0.05, 0) is 37.7 Å².